The summed E-state index contributed by atoms with van der Waals surface area (Å²) in [6.07, 6.45) is 5.22. The zero-order valence-electron chi connectivity index (χ0n) is 15.1. The van der Waals surface area contributed by atoms with Crippen LogP contribution in [0.25, 0.3) is 0 Å². The largest absolute Gasteiger partial charge is 0.464 e. The van der Waals surface area contributed by atoms with Crippen LogP contribution in [-0.2, 0) is 14.9 Å². The number of esters is 1. The van der Waals surface area contributed by atoms with Gasteiger partial charge in [0.1, 0.15) is 6.61 Å². The zero-order valence-corrected chi connectivity index (χ0v) is 15.9. The molecule has 0 saturated heterocycles. The Morgan fingerprint density at radius 2 is 1.96 bits per heavy atom. The van der Waals surface area contributed by atoms with Crippen molar-refractivity contribution in [2.75, 3.05) is 13.2 Å². The van der Waals surface area contributed by atoms with E-state index in [2.05, 4.69) is 31.3 Å². The minimum absolute atomic E-state index is 0.131. The van der Waals surface area contributed by atoms with Crippen LogP contribution in [0.3, 0.4) is 0 Å². The number of carbonyl (C=O) groups is 1. The van der Waals surface area contributed by atoms with E-state index in [0.29, 0.717) is 31.5 Å². The van der Waals surface area contributed by atoms with Crippen LogP contribution in [-0.4, -0.2) is 25.2 Å². The van der Waals surface area contributed by atoms with E-state index in [9.17, 15) is 4.79 Å². The first-order valence-corrected chi connectivity index (χ1v) is 9.51. The molecule has 1 saturated carbocycles. The fourth-order valence-corrected chi connectivity index (χ4v) is 3.78. The van der Waals surface area contributed by atoms with Gasteiger partial charge in [-0.15, -0.1) is 0 Å². The van der Waals surface area contributed by atoms with Crippen LogP contribution in [0.2, 0.25) is 5.02 Å². The average molecular weight is 352 g/mol. The molecule has 0 aromatic heterocycles. The van der Waals surface area contributed by atoms with Crippen LogP contribution < -0.4 is 5.32 Å². The van der Waals surface area contributed by atoms with Crippen molar-refractivity contribution in [2.45, 2.75) is 64.3 Å². The van der Waals surface area contributed by atoms with Crippen molar-refractivity contribution in [1.82, 2.24) is 5.32 Å². The fourth-order valence-electron chi connectivity index (χ4n) is 3.65. The lowest BCUT2D eigenvalue weighted by Gasteiger charge is -2.49. The second-order valence-corrected chi connectivity index (χ2v) is 7.66. The van der Waals surface area contributed by atoms with Gasteiger partial charge in [0, 0.05) is 29.4 Å². The average Bonchev–Trinajstić information content (AvgIpc) is 2.51. The Hall–Kier alpha value is -1.06. The molecule has 2 rings (SSSR count). The van der Waals surface area contributed by atoms with Crippen LogP contribution in [0.4, 0.5) is 0 Å². The molecule has 3 nitrogen and oxygen atoms in total. The highest BCUT2D eigenvalue weighted by Gasteiger charge is 2.45. The summed E-state index contributed by atoms with van der Waals surface area (Å²) in [5.74, 6) is 0.485. The van der Waals surface area contributed by atoms with E-state index in [1.807, 2.05) is 19.1 Å². The maximum atomic E-state index is 11.3. The lowest BCUT2D eigenvalue weighted by molar-refractivity contribution is -0.143. The summed E-state index contributed by atoms with van der Waals surface area (Å²) in [5, 5.41) is 4.46. The molecule has 0 aliphatic heterocycles. The highest BCUT2D eigenvalue weighted by molar-refractivity contribution is 6.30. The van der Waals surface area contributed by atoms with Crippen molar-refractivity contribution in [3.63, 3.8) is 0 Å². The number of hydrogen-bond acceptors (Lipinski definition) is 3. The minimum atomic E-state index is -0.131. The molecule has 1 unspecified atom stereocenters. The van der Waals surface area contributed by atoms with E-state index in [0.717, 1.165) is 11.4 Å². The van der Waals surface area contributed by atoms with Gasteiger partial charge in [-0.1, -0.05) is 50.9 Å². The second kappa shape index (κ2) is 8.87. The molecule has 0 amide bonds. The third kappa shape index (κ3) is 4.73. The molecule has 0 spiro atoms. The number of hydrogen-bond donors (Lipinski definition) is 1. The molecule has 1 fully saturated rings. The van der Waals surface area contributed by atoms with E-state index >= 15 is 0 Å². The van der Waals surface area contributed by atoms with Gasteiger partial charge in [-0.2, -0.15) is 0 Å². The summed E-state index contributed by atoms with van der Waals surface area (Å²) in [7, 11) is 0. The lowest BCUT2D eigenvalue weighted by Crippen LogP contribution is -2.54. The van der Waals surface area contributed by atoms with Crippen molar-refractivity contribution >= 4 is 17.6 Å². The molecule has 0 bridgehead atoms. The number of nitrogens with one attached hydrogen (secondary N) is 1. The quantitative estimate of drug-likeness (QED) is 0.516. The summed E-state index contributed by atoms with van der Waals surface area (Å²) in [6.45, 7) is 7.50. The zero-order chi connectivity index (χ0) is 17.6. The molecule has 1 aromatic carbocycles. The molecule has 24 heavy (non-hydrogen) atoms. The van der Waals surface area contributed by atoms with Gasteiger partial charge in [0.2, 0.25) is 0 Å². The van der Waals surface area contributed by atoms with Gasteiger partial charge in [0.15, 0.2) is 0 Å². The van der Waals surface area contributed by atoms with Crippen molar-refractivity contribution in [2.24, 2.45) is 5.92 Å². The first-order valence-electron chi connectivity index (χ1n) is 9.13. The maximum Gasteiger partial charge on any atom is 0.305 e. The fraction of sp³-hybridized carbons (Fsp3) is 0.650. The number of carbonyl (C=O) groups excluding carboxylic acids is 1. The van der Waals surface area contributed by atoms with Crippen molar-refractivity contribution < 1.29 is 9.53 Å². The van der Waals surface area contributed by atoms with Crippen molar-refractivity contribution in [3.05, 3.63) is 34.9 Å². The van der Waals surface area contributed by atoms with E-state index in [-0.39, 0.29) is 11.4 Å². The van der Waals surface area contributed by atoms with Crippen LogP contribution in [0.5, 0.6) is 0 Å². The lowest BCUT2D eigenvalue weighted by atomic mass is 9.59. The maximum absolute atomic E-state index is 11.3. The Labute approximate surface area is 151 Å². The number of benzene rings is 1. The van der Waals surface area contributed by atoms with Crippen molar-refractivity contribution in [1.29, 1.82) is 0 Å². The number of rotatable bonds is 9. The summed E-state index contributed by atoms with van der Waals surface area (Å²) in [5.41, 5.74) is 1.56. The topological polar surface area (TPSA) is 38.3 Å². The van der Waals surface area contributed by atoms with E-state index in [1.165, 1.54) is 24.8 Å². The Balaban J connectivity index is 2.06. The van der Waals surface area contributed by atoms with Gasteiger partial charge in [0.05, 0.1) is 0 Å². The van der Waals surface area contributed by atoms with Gasteiger partial charge in [-0.25, -0.2) is 0 Å². The van der Waals surface area contributed by atoms with E-state index in [4.69, 9.17) is 16.3 Å². The Kier molecular flexibility index (Phi) is 7.12. The third-order valence-electron chi connectivity index (χ3n) is 5.08. The Morgan fingerprint density at radius 1 is 1.29 bits per heavy atom. The highest BCUT2D eigenvalue weighted by atomic mass is 35.5. The normalized spacial score (nSPS) is 17.4. The van der Waals surface area contributed by atoms with Gasteiger partial charge >= 0.3 is 5.97 Å². The Bertz CT molecular complexity index is 523. The van der Waals surface area contributed by atoms with Gasteiger partial charge in [-0.05, 0) is 42.9 Å². The molecule has 0 heterocycles. The van der Waals surface area contributed by atoms with Gasteiger partial charge < -0.3 is 10.1 Å². The predicted molar refractivity (Wildman–Crippen MR) is 99.5 cm³/mol. The predicted octanol–water partition coefficient (Wildman–Crippen LogP) is 4.72. The summed E-state index contributed by atoms with van der Waals surface area (Å²) in [6, 6.07) is 8.73. The van der Waals surface area contributed by atoms with E-state index in [1.54, 1.807) is 0 Å². The van der Waals surface area contributed by atoms with E-state index < -0.39 is 0 Å². The molecule has 0 radical (unpaired) electrons. The van der Waals surface area contributed by atoms with Crippen LogP contribution in [0.1, 0.15) is 58.4 Å². The molecule has 1 atom stereocenters. The second-order valence-electron chi connectivity index (χ2n) is 7.23. The van der Waals surface area contributed by atoms with Crippen LogP contribution >= 0.6 is 11.6 Å². The molecule has 1 N–H and O–H groups in total. The van der Waals surface area contributed by atoms with Crippen LogP contribution in [0.15, 0.2) is 24.3 Å². The SMILES string of the molecule is CCC(=O)OCCNC(CC(C)C)C1(c2ccc(Cl)cc2)CCC1. The summed E-state index contributed by atoms with van der Waals surface area (Å²) >= 11 is 6.07. The first-order chi connectivity index (χ1) is 11.5. The number of halogens is 1. The Morgan fingerprint density at radius 3 is 2.46 bits per heavy atom. The molecule has 1 aliphatic rings. The molecular formula is C20H30ClNO2. The first kappa shape index (κ1) is 19.3. The summed E-state index contributed by atoms with van der Waals surface area (Å²) in [4.78, 5) is 11.3. The minimum Gasteiger partial charge on any atom is -0.464 e. The van der Waals surface area contributed by atoms with Gasteiger partial charge in [-0.3, -0.25) is 4.79 Å². The van der Waals surface area contributed by atoms with Gasteiger partial charge in [0.25, 0.3) is 0 Å². The molecule has 1 aromatic rings. The standard InChI is InChI=1S/C20H30ClNO2/c1-4-19(23)24-13-12-22-18(14-15(2)3)20(10-5-11-20)16-6-8-17(21)9-7-16/h6-9,15,18,22H,4-5,10-14H2,1-3H3. The molecule has 134 valence electrons. The molecule has 1 aliphatic carbocycles. The third-order valence-corrected chi connectivity index (χ3v) is 5.34. The van der Waals surface area contributed by atoms with Crippen molar-refractivity contribution in [3.8, 4) is 0 Å². The summed E-state index contributed by atoms with van der Waals surface area (Å²) < 4.78 is 5.21. The molecular weight excluding hydrogens is 322 g/mol. The smallest absolute Gasteiger partial charge is 0.305 e. The number of ether oxygens (including phenoxy) is 1. The highest BCUT2D eigenvalue weighted by Crippen LogP contribution is 2.48. The van der Waals surface area contributed by atoms with Crippen LogP contribution in [0, 0.1) is 5.92 Å². The molecule has 4 heteroatoms. The monoisotopic (exact) mass is 351 g/mol.